The Hall–Kier alpha value is -2.02. The molecule has 2 N–H and O–H groups in total. The molecule has 2 aromatic carbocycles. The standard InChI is InChI=1S/C21H23Cl2N3O2S/c1-14(28-19-10-5-15(22)13-18(19)23)20(27)25-21(29)24-16-6-8-17(9-7-16)26-11-3-2-4-12-26/h5-10,13-14H,2-4,11-12H2,1H3,(H2,24,25,27,29). The molecule has 1 aliphatic rings. The molecular weight excluding hydrogens is 429 g/mol. The minimum absolute atomic E-state index is 0.207. The number of piperidine rings is 1. The summed E-state index contributed by atoms with van der Waals surface area (Å²) in [5, 5.41) is 6.70. The van der Waals surface area contributed by atoms with Crippen LogP contribution in [0.15, 0.2) is 42.5 Å². The van der Waals surface area contributed by atoms with Crippen molar-refractivity contribution in [1.82, 2.24) is 5.32 Å². The second-order valence-corrected chi connectivity index (χ2v) is 8.12. The zero-order chi connectivity index (χ0) is 20.8. The van der Waals surface area contributed by atoms with E-state index in [1.807, 2.05) is 12.1 Å². The van der Waals surface area contributed by atoms with E-state index < -0.39 is 6.10 Å². The van der Waals surface area contributed by atoms with Crippen LogP contribution in [0.1, 0.15) is 26.2 Å². The minimum atomic E-state index is -0.782. The molecule has 0 bridgehead atoms. The van der Waals surface area contributed by atoms with Gasteiger partial charge >= 0.3 is 0 Å². The lowest BCUT2D eigenvalue weighted by Crippen LogP contribution is -2.42. The molecule has 0 saturated carbocycles. The van der Waals surface area contributed by atoms with Gasteiger partial charge in [-0.2, -0.15) is 0 Å². The smallest absolute Gasteiger partial charge is 0.266 e. The van der Waals surface area contributed by atoms with Gasteiger partial charge in [-0.3, -0.25) is 10.1 Å². The van der Waals surface area contributed by atoms with E-state index in [-0.39, 0.29) is 11.0 Å². The second-order valence-electron chi connectivity index (χ2n) is 6.87. The van der Waals surface area contributed by atoms with Crippen molar-refractivity contribution in [3.05, 3.63) is 52.5 Å². The van der Waals surface area contributed by atoms with Crippen LogP contribution in [0.25, 0.3) is 0 Å². The highest BCUT2D eigenvalue weighted by Crippen LogP contribution is 2.28. The van der Waals surface area contributed by atoms with Crippen molar-refractivity contribution in [2.24, 2.45) is 0 Å². The van der Waals surface area contributed by atoms with Gasteiger partial charge in [-0.05, 0) is 80.9 Å². The molecule has 1 atom stereocenters. The molecule has 0 aromatic heterocycles. The molecular formula is C21H23Cl2N3O2S. The van der Waals surface area contributed by atoms with E-state index in [0.29, 0.717) is 15.8 Å². The Labute approximate surface area is 186 Å². The number of halogens is 2. The van der Waals surface area contributed by atoms with Crippen LogP contribution < -0.4 is 20.3 Å². The van der Waals surface area contributed by atoms with E-state index in [1.54, 1.807) is 25.1 Å². The predicted molar refractivity (Wildman–Crippen MR) is 123 cm³/mol. The lowest BCUT2D eigenvalue weighted by Gasteiger charge is -2.28. The highest BCUT2D eigenvalue weighted by atomic mass is 35.5. The molecule has 1 aliphatic heterocycles. The summed E-state index contributed by atoms with van der Waals surface area (Å²) in [6.45, 7) is 3.81. The molecule has 0 radical (unpaired) electrons. The lowest BCUT2D eigenvalue weighted by molar-refractivity contribution is -0.125. The van der Waals surface area contributed by atoms with E-state index in [4.69, 9.17) is 40.2 Å². The number of carbonyl (C=O) groups excluding carboxylic acids is 1. The average Bonchev–Trinajstić information content (AvgIpc) is 2.71. The number of anilines is 2. The van der Waals surface area contributed by atoms with Crippen LogP contribution in [0.3, 0.4) is 0 Å². The first-order valence-corrected chi connectivity index (χ1v) is 10.7. The Morgan fingerprint density at radius 2 is 1.79 bits per heavy atom. The molecule has 3 rings (SSSR count). The summed E-state index contributed by atoms with van der Waals surface area (Å²) < 4.78 is 5.60. The van der Waals surface area contributed by atoms with Crippen LogP contribution in [-0.4, -0.2) is 30.2 Å². The fourth-order valence-electron chi connectivity index (χ4n) is 3.10. The van der Waals surface area contributed by atoms with Gasteiger partial charge in [0, 0.05) is 29.5 Å². The Bertz CT molecular complexity index is 871. The van der Waals surface area contributed by atoms with Crippen LogP contribution in [0, 0.1) is 0 Å². The summed E-state index contributed by atoms with van der Waals surface area (Å²) in [5.74, 6) is 0.00403. The number of ether oxygens (including phenoxy) is 1. The summed E-state index contributed by atoms with van der Waals surface area (Å²) in [6.07, 6.45) is 2.99. The highest BCUT2D eigenvalue weighted by molar-refractivity contribution is 7.80. The number of hydrogen-bond acceptors (Lipinski definition) is 4. The third-order valence-corrected chi connectivity index (χ3v) is 5.38. The first kappa shape index (κ1) is 21.7. The molecule has 1 heterocycles. The summed E-state index contributed by atoms with van der Waals surface area (Å²) in [6, 6.07) is 12.9. The normalized spacial score (nSPS) is 14.8. The van der Waals surface area contributed by atoms with Gasteiger partial charge < -0.3 is 15.0 Å². The predicted octanol–water partition coefficient (Wildman–Crippen LogP) is 5.26. The number of carbonyl (C=O) groups is 1. The monoisotopic (exact) mass is 451 g/mol. The fourth-order valence-corrected chi connectivity index (χ4v) is 3.77. The summed E-state index contributed by atoms with van der Waals surface area (Å²) in [7, 11) is 0. The van der Waals surface area contributed by atoms with E-state index in [2.05, 4.69) is 27.7 Å². The molecule has 2 aromatic rings. The van der Waals surface area contributed by atoms with Gasteiger partial charge in [0.2, 0.25) is 0 Å². The van der Waals surface area contributed by atoms with E-state index in [9.17, 15) is 4.79 Å². The summed E-state index contributed by atoms with van der Waals surface area (Å²) in [5.41, 5.74) is 2.01. The molecule has 154 valence electrons. The first-order valence-electron chi connectivity index (χ1n) is 9.51. The third kappa shape index (κ3) is 6.23. The number of rotatable bonds is 5. The Balaban J connectivity index is 1.50. The van der Waals surface area contributed by atoms with E-state index >= 15 is 0 Å². The Kier molecular flexibility index (Phi) is 7.58. The lowest BCUT2D eigenvalue weighted by atomic mass is 10.1. The van der Waals surface area contributed by atoms with Gasteiger partial charge in [-0.15, -0.1) is 0 Å². The van der Waals surface area contributed by atoms with E-state index in [0.717, 1.165) is 18.8 Å². The summed E-state index contributed by atoms with van der Waals surface area (Å²) >= 11 is 17.2. The molecule has 1 fully saturated rings. The molecule has 1 saturated heterocycles. The third-order valence-electron chi connectivity index (χ3n) is 4.65. The molecule has 0 aliphatic carbocycles. The number of thiocarbonyl (C=S) groups is 1. The van der Waals surface area contributed by atoms with Crippen LogP contribution >= 0.6 is 35.4 Å². The van der Waals surface area contributed by atoms with Crippen LogP contribution in [0.5, 0.6) is 5.75 Å². The topological polar surface area (TPSA) is 53.6 Å². The second kappa shape index (κ2) is 10.1. The zero-order valence-electron chi connectivity index (χ0n) is 16.1. The molecule has 5 nitrogen and oxygen atoms in total. The van der Waals surface area contributed by atoms with Gasteiger partial charge in [0.05, 0.1) is 5.02 Å². The van der Waals surface area contributed by atoms with Gasteiger partial charge in [-0.1, -0.05) is 23.2 Å². The van der Waals surface area contributed by atoms with Gasteiger partial charge in [0.1, 0.15) is 5.75 Å². The highest BCUT2D eigenvalue weighted by Gasteiger charge is 2.18. The van der Waals surface area contributed by atoms with E-state index in [1.165, 1.54) is 24.9 Å². The number of nitrogens with one attached hydrogen (secondary N) is 2. The maximum atomic E-state index is 12.3. The number of hydrogen-bond donors (Lipinski definition) is 2. The van der Waals surface area contributed by atoms with Crippen molar-refractivity contribution in [2.75, 3.05) is 23.3 Å². The SMILES string of the molecule is CC(Oc1ccc(Cl)cc1Cl)C(=O)NC(=S)Nc1ccc(N2CCCCC2)cc1. The van der Waals surface area contributed by atoms with Crippen molar-refractivity contribution >= 4 is 57.8 Å². The van der Waals surface area contributed by atoms with Gasteiger partial charge in [0.25, 0.3) is 5.91 Å². The Morgan fingerprint density at radius 1 is 1.10 bits per heavy atom. The minimum Gasteiger partial charge on any atom is -0.479 e. The van der Waals surface area contributed by atoms with Crippen molar-refractivity contribution in [3.8, 4) is 5.75 Å². The maximum absolute atomic E-state index is 12.3. The Morgan fingerprint density at radius 3 is 2.45 bits per heavy atom. The van der Waals surface area contributed by atoms with Crippen molar-refractivity contribution in [1.29, 1.82) is 0 Å². The average molecular weight is 452 g/mol. The molecule has 0 spiro atoms. The largest absolute Gasteiger partial charge is 0.479 e. The molecule has 1 unspecified atom stereocenters. The number of amides is 1. The van der Waals surface area contributed by atoms with Crippen molar-refractivity contribution in [2.45, 2.75) is 32.3 Å². The zero-order valence-corrected chi connectivity index (χ0v) is 18.4. The quantitative estimate of drug-likeness (QED) is 0.606. The van der Waals surface area contributed by atoms with Crippen molar-refractivity contribution in [3.63, 3.8) is 0 Å². The van der Waals surface area contributed by atoms with Gasteiger partial charge in [0.15, 0.2) is 11.2 Å². The van der Waals surface area contributed by atoms with Gasteiger partial charge in [-0.25, -0.2) is 0 Å². The van der Waals surface area contributed by atoms with Crippen LogP contribution in [-0.2, 0) is 4.79 Å². The summed E-state index contributed by atoms with van der Waals surface area (Å²) in [4.78, 5) is 14.7. The molecule has 29 heavy (non-hydrogen) atoms. The van der Waals surface area contributed by atoms with Crippen LogP contribution in [0.4, 0.5) is 11.4 Å². The number of benzene rings is 2. The number of nitrogens with zero attached hydrogens (tertiary/aromatic N) is 1. The van der Waals surface area contributed by atoms with Crippen molar-refractivity contribution < 1.29 is 9.53 Å². The molecule has 1 amide bonds. The maximum Gasteiger partial charge on any atom is 0.266 e. The first-order chi connectivity index (χ1) is 13.9. The molecule has 8 heteroatoms. The fraction of sp³-hybridized carbons (Fsp3) is 0.333. The van der Waals surface area contributed by atoms with Crippen LogP contribution in [0.2, 0.25) is 10.0 Å².